The van der Waals surface area contributed by atoms with E-state index in [1.807, 2.05) is 6.07 Å². The number of amides is 2. The minimum Gasteiger partial charge on any atom is -0.463 e. The molecule has 2 amide bonds. The molecule has 1 aliphatic heterocycles. The van der Waals surface area contributed by atoms with E-state index < -0.39 is 73.8 Å². The van der Waals surface area contributed by atoms with Crippen LogP contribution in [0.25, 0.3) is 0 Å². The number of nitrogens with zero attached hydrogens (tertiary/aromatic N) is 1. The van der Waals surface area contributed by atoms with E-state index in [1.54, 1.807) is 24.3 Å². The molecule has 5 atom stereocenters. The Bertz CT molecular complexity index is 944. The van der Waals surface area contributed by atoms with Gasteiger partial charge in [0.2, 0.25) is 5.91 Å². The maximum absolute atomic E-state index is 15.3. The average molecular weight is 512 g/mol. The van der Waals surface area contributed by atoms with Crippen molar-refractivity contribution in [3.63, 3.8) is 0 Å². The van der Waals surface area contributed by atoms with Crippen molar-refractivity contribution in [3.05, 3.63) is 35.9 Å². The molecule has 36 heavy (non-hydrogen) atoms. The maximum atomic E-state index is 15.3. The second-order valence-electron chi connectivity index (χ2n) is 7.95. The minimum absolute atomic E-state index is 0.0106. The van der Waals surface area contributed by atoms with Crippen LogP contribution in [0.2, 0.25) is 0 Å². The van der Waals surface area contributed by atoms with Crippen LogP contribution < -0.4 is 5.32 Å². The number of likely N-dealkylation sites (N-methyl/N-ethyl adjacent to an activating group) is 1. The number of benzene rings is 1. The summed E-state index contributed by atoms with van der Waals surface area (Å²) in [5, 5.41) is 2.27. The summed E-state index contributed by atoms with van der Waals surface area (Å²) in [6, 6.07) is 8.89. The van der Waals surface area contributed by atoms with Crippen molar-refractivity contribution in [2.75, 3.05) is 20.2 Å². The number of ether oxygens (including phenoxy) is 5. The van der Waals surface area contributed by atoms with Gasteiger partial charge in [-0.05, 0) is 5.56 Å². The van der Waals surface area contributed by atoms with Crippen LogP contribution in [0.15, 0.2) is 30.3 Å². The van der Waals surface area contributed by atoms with Gasteiger partial charge < -0.3 is 33.9 Å². The Morgan fingerprint density at radius 3 is 2.14 bits per heavy atom. The Hall–Kier alpha value is -3.74. The first-order chi connectivity index (χ1) is 17.0. The van der Waals surface area contributed by atoms with Crippen molar-refractivity contribution < 1.29 is 52.0 Å². The van der Waals surface area contributed by atoms with Crippen LogP contribution in [0.1, 0.15) is 26.3 Å². The summed E-state index contributed by atoms with van der Waals surface area (Å²) in [5.74, 6) is -3.21. The number of halogens is 1. The van der Waals surface area contributed by atoms with E-state index in [4.69, 9.17) is 23.7 Å². The summed E-state index contributed by atoms with van der Waals surface area (Å²) in [7, 11) is 1.31. The highest BCUT2D eigenvalue weighted by Gasteiger charge is 2.51. The summed E-state index contributed by atoms with van der Waals surface area (Å²) < 4.78 is 40.9. The highest BCUT2D eigenvalue weighted by molar-refractivity contribution is 5.82. The second-order valence-corrected chi connectivity index (χ2v) is 7.95. The van der Waals surface area contributed by atoms with Crippen molar-refractivity contribution >= 4 is 29.9 Å². The molecule has 1 fully saturated rings. The zero-order valence-electron chi connectivity index (χ0n) is 20.3. The zero-order valence-corrected chi connectivity index (χ0v) is 20.3. The van der Waals surface area contributed by atoms with Crippen molar-refractivity contribution in [2.45, 2.75) is 58.1 Å². The van der Waals surface area contributed by atoms with Crippen molar-refractivity contribution in [2.24, 2.45) is 0 Å². The third-order valence-corrected chi connectivity index (χ3v) is 4.87. The van der Waals surface area contributed by atoms with Gasteiger partial charge in [-0.25, -0.2) is 9.18 Å². The molecule has 0 saturated carbocycles. The number of hydrogen-bond donors (Lipinski definition) is 1. The lowest BCUT2D eigenvalue weighted by molar-refractivity contribution is -0.239. The standard InChI is InChI=1S/C23H29FN2O10/c1-13(27)32-12-17-20(34-14(2)28)21(35-15(3)29)19(24)22(36-17)25-18(30)10-26(4)23(31)33-11-16-8-6-5-7-9-16/h5-9,17,19-22H,10-12H2,1-4H3,(H,25,30)/t17-,19-,20-,21-,22-/m1/s1. The number of carbonyl (C=O) groups is 5. The molecule has 12 nitrogen and oxygen atoms in total. The molecule has 0 unspecified atom stereocenters. The molecule has 0 aromatic heterocycles. The molecule has 1 aliphatic rings. The van der Waals surface area contributed by atoms with Gasteiger partial charge in [-0.15, -0.1) is 0 Å². The molecule has 0 aliphatic carbocycles. The number of hydrogen-bond acceptors (Lipinski definition) is 10. The highest BCUT2D eigenvalue weighted by Crippen LogP contribution is 2.28. The number of esters is 3. The molecule has 1 aromatic rings. The van der Waals surface area contributed by atoms with E-state index in [0.29, 0.717) is 0 Å². The third kappa shape index (κ3) is 8.80. The smallest absolute Gasteiger partial charge is 0.410 e. The van der Waals surface area contributed by atoms with E-state index in [0.717, 1.165) is 31.2 Å². The quantitative estimate of drug-likeness (QED) is 0.373. The van der Waals surface area contributed by atoms with Crippen molar-refractivity contribution in [3.8, 4) is 0 Å². The first-order valence-electron chi connectivity index (χ1n) is 11.0. The lowest BCUT2D eigenvalue weighted by atomic mass is 9.98. The first-order valence-corrected chi connectivity index (χ1v) is 11.0. The minimum atomic E-state index is -2.16. The molecule has 1 N–H and O–H groups in total. The van der Waals surface area contributed by atoms with Gasteiger partial charge in [0.1, 0.15) is 25.9 Å². The van der Waals surface area contributed by atoms with Crippen molar-refractivity contribution in [1.82, 2.24) is 10.2 Å². The van der Waals surface area contributed by atoms with Gasteiger partial charge in [0.05, 0.1) is 0 Å². The van der Waals surface area contributed by atoms with Gasteiger partial charge in [0, 0.05) is 27.8 Å². The fraction of sp³-hybridized carbons (Fsp3) is 0.522. The van der Waals surface area contributed by atoms with Crippen LogP contribution in [0.3, 0.4) is 0 Å². The fourth-order valence-corrected chi connectivity index (χ4v) is 3.33. The van der Waals surface area contributed by atoms with E-state index in [9.17, 15) is 24.0 Å². The summed E-state index contributed by atoms with van der Waals surface area (Å²) in [6.45, 7) is 2.20. The maximum Gasteiger partial charge on any atom is 0.410 e. The van der Waals surface area contributed by atoms with Crippen LogP contribution in [-0.4, -0.2) is 85.7 Å². The highest BCUT2D eigenvalue weighted by atomic mass is 19.1. The lowest BCUT2D eigenvalue weighted by Crippen LogP contribution is -2.64. The van der Waals surface area contributed by atoms with Crippen LogP contribution in [0.5, 0.6) is 0 Å². The van der Waals surface area contributed by atoms with Gasteiger partial charge in [-0.3, -0.25) is 19.2 Å². The summed E-state index contributed by atoms with van der Waals surface area (Å²) >= 11 is 0. The lowest BCUT2D eigenvalue weighted by Gasteiger charge is -2.42. The third-order valence-electron chi connectivity index (χ3n) is 4.87. The van der Waals surface area contributed by atoms with E-state index in [1.165, 1.54) is 7.05 Å². The van der Waals surface area contributed by atoms with E-state index >= 15 is 4.39 Å². The van der Waals surface area contributed by atoms with E-state index in [2.05, 4.69) is 5.32 Å². The SMILES string of the molecule is CC(=O)OC[C@H]1O[C@@H](NC(=O)CN(C)C(=O)OCc2ccccc2)[C@H](F)[C@@H](OC(C)=O)[C@@H]1OC(C)=O. The van der Waals surface area contributed by atoms with Crippen LogP contribution >= 0.6 is 0 Å². The molecule has 1 aromatic carbocycles. The molecular formula is C23H29FN2O10. The van der Waals surface area contributed by atoms with Crippen LogP contribution in [-0.2, 0) is 49.5 Å². The largest absolute Gasteiger partial charge is 0.463 e. The van der Waals surface area contributed by atoms with Crippen molar-refractivity contribution in [1.29, 1.82) is 0 Å². The number of alkyl halides is 1. The molecule has 1 saturated heterocycles. The Kier molecular flexibility index (Phi) is 10.6. The predicted octanol–water partition coefficient (Wildman–Crippen LogP) is 0.861. The zero-order chi connectivity index (χ0) is 26.8. The fourth-order valence-electron chi connectivity index (χ4n) is 3.33. The van der Waals surface area contributed by atoms with Gasteiger partial charge in [0.15, 0.2) is 24.6 Å². The number of nitrogens with one attached hydrogen (secondary N) is 1. The molecule has 198 valence electrons. The first kappa shape index (κ1) is 28.5. The molecule has 0 bridgehead atoms. The Balaban J connectivity index is 2.06. The van der Waals surface area contributed by atoms with Crippen LogP contribution in [0, 0.1) is 0 Å². The monoisotopic (exact) mass is 512 g/mol. The molecule has 0 radical (unpaired) electrons. The topological polar surface area (TPSA) is 147 Å². The normalized spacial score (nSPS) is 23.1. The average Bonchev–Trinajstić information content (AvgIpc) is 2.80. The Morgan fingerprint density at radius 2 is 1.56 bits per heavy atom. The van der Waals surface area contributed by atoms with Gasteiger partial charge in [-0.1, -0.05) is 30.3 Å². The Labute approximate surface area is 206 Å². The molecular weight excluding hydrogens is 483 g/mol. The van der Waals surface area contributed by atoms with E-state index in [-0.39, 0.29) is 6.61 Å². The molecule has 0 spiro atoms. The van der Waals surface area contributed by atoms with Crippen LogP contribution in [0.4, 0.5) is 9.18 Å². The molecule has 13 heteroatoms. The summed E-state index contributed by atoms with van der Waals surface area (Å²) in [6.07, 6.45) is -9.03. The summed E-state index contributed by atoms with van der Waals surface area (Å²) in [5.41, 5.74) is 0.747. The second kappa shape index (κ2) is 13.4. The number of rotatable bonds is 9. The summed E-state index contributed by atoms with van der Waals surface area (Å²) in [4.78, 5) is 60.1. The molecule has 2 rings (SSSR count). The van der Waals surface area contributed by atoms with Gasteiger partial charge in [-0.2, -0.15) is 0 Å². The van der Waals surface area contributed by atoms with Gasteiger partial charge in [0.25, 0.3) is 0 Å². The predicted molar refractivity (Wildman–Crippen MR) is 119 cm³/mol. The van der Waals surface area contributed by atoms with Gasteiger partial charge >= 0.3 is 24.0 Å². The number of carbonyl (C=O) groups excluding carboxylic acids is 5. The Morgan fingerprint density at radius 1 is 0.944 bits per heavy atom. The molecule has 1 heterocycles.